The Morgan fingerprint density at radius 3 is 2.00 bits per heavy atom. The van der Waals surface area contributed by atoms with Crippen molar-refractivity contribution in [2.75, 3.05) is 6.61 Å². The summed E-state index contributed by atoms with van der Waals surface area (Å²) >= 11 is 0. The number of ketones is 1. The third-order valence-corrected chi connectivity index (χ3v) is 6.56. The van der Waals surface area contributed by atoms with Crippen LogP contribution in [0.25, 0.3) is 22.4 Å². The number of amides is 1. The number of nitrogens with two attached hydrogens (primary N) is 1. The fraction of sp³-hybridized carbons (Fsp3) is 0.304. The van der Waals surface area contributed by atoms with Crippen molar-refractivity contribution in [3.05, 3.63) is 59.8 Å². The van der Waals surface area contributed by atoms with E-state index in [0.717, 1.165) is 22.7 Å². The molecule has 3 aromatic rings. The van der Waals surface area contributed by atoms with Crippen molar-refractivity contribution in [2.24, 2.45) is 5.73 Å². The highest BCUT2D eigenvalue weighted by Gasteiger charge is 2.18. The molecule has 2 N–H and O–H groups in total. The van der Waals surface area contributed by atoms with Gasteiger partial charge in [-0.15, -0.1) is 5.10 Å². The van der Waals surface area contributed by atoms with Crippen LogP contribution in [-0.2, 0) is 11.5 Å². The number of benzene rings is 2. The van der Waals surface area contributed by atoms with Gasteiger partial charge in [-0.1, -0.05) is 56.0 Å². The number of rotatable bonds is 9. The fourth-order valence-corrected chi connectivity index (χ4v) is 3.77. The van der Waals surface area contributed by atoms with Gasteiger partial charge in [0.1, 0.15) is 5.69 Å². The molecule has 2 aromatic carbocycles. The maximum atomic E-state index is 12.1. The van der Waals surface area contributed by atoms with Crippen LogP contribution in [-0.4, -0.2) is 41.4 Å². The van der Waals surface area contributed by atoms with Gasteiger partial charge in [0.05, 0.1) is 0 Å². The molecular weight excluding hydrogens is 408 g/mol. The summed E-state index contributed by atoms with van der Waals surface area (Å²) in [5, 5.41) is 8.81. The highest BCUT2D eigenvalue weighted by molar-refractivity contribution is 6.76. The van der Waals surface area contributed by atoms with E-state index in [1.807, 2.05) is 36.4 Å². The SMILES string of the molecule is CC(=O)c1nn(COCC[Si](C)(C)C)nc1-c1ccc(-c2ccc(C(N)=O)cc2)cc1. The third-order valence-electron chi connectivity index (χ3n) is 4.85. The average molecular weight is 437 g/mol. The second kappa shape index (κ2) is 9.36. The van der Waals surface area contributed by atoms with Gasteiger partial charge in [0.15, 0.2) is 18.2 Å². The minimum absolute atomic E-state index is 0.144. The molecule has 8 heteroatoms. The molecule has 0 saturated heterocycles. The first-order chi connectivity index (χ1) is 14.6. The van der Waals surface area contributed by atoms with E-state index in [0.29, 0.717) is 23.6 Å². The molecule has 1 amide bonds. The lowest BCUT2D eigenvalue weighted by molar-refractivity contribution is 0.0682. The zero-order valence-electron chi connectivity index (χ0n) is 18.4. The van der Waals surface area contributed by atoms with Crippen LogP contribution in [0.4, 0.5) is 0 Å². The van der Waals surface area contributed by atoms with Gasteiger partial charge < -0.3 is 10.5 Å². The second-order valence-electron chi connectivity index (χ2n) is 8.69. The molecule has 162 valence electrons. The number of ether oxygens (including phenoxy) is 1. The number of nitrogens with zero attached hydrogens (tertiary/aromatic N) is 3. The number of hydrogen-bond acceptors (Lipinski definition) is 5. The van der Waals surface area contributed by atoms with Crippen LogP contribution < -0.4 is 5.73 Å². The van der Waals surface area contributed by atoms with Gasteiger partial charge in [-0.25, -0.2) is 0 Å². The van der Waals surface area contributed by atoms with Crippen molar-refractivity contribution in [2.45, 2.75) is 39.3 Å². The summed E-state index contributed by atoms with van der Waals surface area (Å²) in [4.78, 5) is 24.8. The van der Waals surface area contributed by atoms with E-state index in [-0.39, 0.29) is 12.5 Å². The summed E-state index contributed by atoms with van der Waals surface area (Å²) in [7, 11) is -1.17. The predicted molar refractivity (Wildman–Crippen MR) is 124 cm³/mol. The molecule has 7 nitrogen and oxygen atoms in total. The summed E-state index contributed by atoms with van der Waals surface area (Å²) in [5.41, 5.74) is 9.37. The Hall–Kier alpha value is -3.10. The van der Waals surface area contributed by atoms with E-state index < -0.39 is 14.0 Å². The highest BCUT2D eigenvalue weighted by Crippen LogP contribution is 2.26. The van der Waals surface area contributed by atoms with Crippen molar-refractivity contribution in [3.8, 4) is 22.4 Å². The van der Waals surface area contributed by atoms with Gasteiger partial charge in [0, 0.05) is 32.7 Å². The predicted octanol–water partition coefficient (Wildman–Crippen LogP) is 4.23. The molecule has 0 atom stereocenters. The molecule has 0 aliphatic carbocycles. The molecule has 1 heterocycles. The van der Waals surface area contributed by atoms with Crippen molar-refractivity contribution < 1.29 is 14.3 Å². The van der Waals surface area contributed by atoms with E-state index in [2.05, 4.69) is 29.8 Å². The first-order valence-electron chi connectivity index (χ1n) is 10.2. The monoisotopic (exact) mass is 436 g/mol. The highest BCUT2D eigenvalue weighted by atomic mass is 28.3. The van der Waals surface area contributed by atoms with E-state index >= 15 is 0 Å². The van der Waals surface area contributed by atoms with Crippen LogP contribution in [0.5, 0.6) is 0 Å². The van der Waals surface area contributed by atoms with Gasteiger partial charge >= 0.3 is 0 Å². The van der Waals surface area contributed by atoms with E-state index in [9.17, 15) is 9.59 Å². The Kier molecular flexibility index (Phi) is 6.82. The van der Waals surface area contributed by atoms with Crippen molar-refractivity contribution in [1.29, 1.82) is 0 Å². The van der Waals surface area contributed by atoms with Gasteiger partial charge in [0.2, 0.25) is 5.91 Å². The zero-order valence-corrected chi connectivity index (χ0v) is 19.4. The molecule has 0 unspecified atom stereocenters. The minimum atomic E-state index is -1.17. The molecule has 31 heavy (non-hydrogen) atoms. The summed E-state index contributed by atoms with van der Waals surface area (Å²) in [6, 6.07) is 15.9. The summed E-state index contributed by atoms with van der Waals surface area (Å²) in [6.07, 6.45) is 0. The molecular formula is C23H28N4O3Si. The molecule has 0 radical (unpaired) electrons. The Morgan fingerprint density at radius 1 is 0.935 bits per heavy atom. The number of primary amides is 1. The molecule has 0 bridgehead atoms. The van der Waals surface area contributed by atoms with Gasteiger partial charge in [-0.3, -0.25) is 9.59 Å². The summed E-state index contributed by atoms with van der Waals surface area (Å²) in [5.74, 6) is -0.597. The fourth-order valence-electron chi connectivity index (χ4n) is 3.01. The lowest BCUT2D eigenvalue weighted by atomic mass is 10.0. The van der Waals surface area contributed by atoms with Crippen LogP contribution in [0.1, 0.15) is 27.8 Å². The standard InChI is InChI=1S/C23H28N4O3Si/c1-16(28)21-22(26-27(25-21)15-30-13-14-31(2,3)4)19-9-5-17(6-10-19)18-7-11-20(12-8-18)23(24)29/h5-12H,13-15H2,1-4H3,(H2,24,29). The topological polar surface area (TPSA) is 100 Å². The number of hydrogen-bond donors (Lipinski definition) is 1. The Bertz CT molecular complexity index is 1070. The average Bonchev–Trinajstić information content (AvgIpc) is 3.15. The molecule has 0 aliphatic rings. The Labute approximate surface area is 183 Å². The first-order valence-corrected chi connectivity index (χ1v) is 13.9. The number of carbonyl (C=O) groups excluding carboxylic acids is 2. The van der Waals surface area contributed by atoms with E-state index in [1.165, 1.54) is 11.7 Å². The van der Waals surface area contributed by atoms with Crippen LogP contribution in [0.3, 0.4) is 0 Å². The molecule has 0 fully saturated rings. The van der Waals surface area contributed by atoms with Gasteiger partial charge in [0.25, 0.3) is 0 Å². The maximum Gasteiger partial charge on any atom is 0.248 e. The molecule has 0 aliphatic heterocycles. The minimum Gasteiger partial charge on any atom is -0.366 e. The van der Waals surface area contributed by atoms with Crippen LogP contribution in [0.15, 0.2) is 48.5 Å². The van der Waals surface area contributed by atoms with Crippen molar-refractivity contribution in [3.63, 3.8) is 0 Å². The first kappa shape index (κ1) is 22.6. The van der Waals surface area contributed by atoms with Gasteiger partial charge in [-0.05, 0) is 29.3 Å². The van der Waals surface area contributed by atoms with Gasteiger partial charge in [-0.2, -0.15) is 9.90 Å². The lowest BCUT2D eigenvalue weighted by Gasteiger charge is -2.14. The smallest absolute Gasteiger partial charge is 0.248 e. The lowest BCUT2D eigenvalue weighted by Crippen LogP contribution is -2.22. The number of carbonyl (C=O) groups is 2. The van der Waals surface area contributed by atoms with E-state index in [4.69, 9.17) is 10.5 Å². The number of Topliss-reactive ketones (excluding diaryl/α,β-unsaturated/α-hetero) is 1. The van der Waals surface area contributed by atoms with Crippen molar-refractivity contribution >= 4 is 19.8 Å². The molecule has 3 rings (SSSR count). The quantitative estimate of drug-likeness (QED) is 0.307. The normalized spacial score (nSPS) is 11.5. The second-order valence-corrected chi connectivity index (χ2v) is 14.3. The van der Waals surface area contributed by atoms with Crippen LogP contribution in [0, 0.1) is 0 Å². The largest absolute Gasteiger partial charge is 0.366 e. The molecule has 0 saturated carbocycles. The Morgan fingerprint density at radius 2 is 1.48 bits per heavy atom. The summed E-state index contributed by atoms with van der Waals surface area (Å²) in [6.45, 7) is 9.25. The zero-order chi connectivity index (χ0) is 22.6. The van der Waals surface area contributed by atoms with E-state index in [1.54, 1.807) is 12.1 Å². The summed E-state index contributed by atoms with van der Waals surface area (Å²) < 4.78 is 5.71. The molecule has 0 spiro atoms. The van der Waals surface area contributed by atoms with Crippen molar-refractivity contribution in [1.82, 2.24) is 15.0 Å². The Balaban J connectivity index is 1.77. The number of aromatic nitrogens is 3. The maximum absolute atomic E-state index is 12.1. The van der Waals surface area contributed by atoms with Crippen LogP contribution >= 0.6 is 0 Å². The van der Waals surface area contributed by atoms with Crippen LogP contribution in [0.2, 0.25) is 25.7 Å². The third kappa shape index (κ3) is 5.96. The molecule has 1 aromatic heterocycles.